The molecule has 20 nitrogen and oxygen atoms in total. The van der Waals surface area contributed by atoms with Gasteiger partial charge in [-0.3, -0.25) is 33.7 Å². The summed E-state index contributed by atoms with van der Waals surface area (Å²) in [6.45, 7) is 17.9. The Morgan fingerprint density at radius 3 is 2.03 bits per heavy atom. The summed E-state index contributed by atoms with van der Waals surface area (Å²) in [6, 6.07) is 9.50. The summed E-state index contributed by atoms with van der Waals surface area (Å²) in [5.41, 5.74) is -0.120. The van der Waals surface area contributed by atoms with Gasteiger partial charge in [0.15, 0.2) is 24.3 Å². The zero-order valence-corrected chi connectivity index (χ0v) is 48.6. The van der Waals surface area contributed by atoms with E-state index in [4.69, 9.17) is 56.8 Å². The monoisotopic (exact) mass is 1090 g/mol. The molecular formula is C57H92N2O18. The van der Waals surface area contributed by atoms with Crippen LogP contribution in [0.15, 0.2) is 30.3 Å². The SMILES string of the molecule is CCC(=O)O[C@@H]1CC(=O)O[C@H](C)CCN(CCCCc2ccccc2)C[C@H](OC(C)=O)[C@H](C)C[C@H](CC(OC)OC)[C@H]([C@@H]2O[C@H](C)[C@@H](O[C@@H]3C[C@@](C)(OC(C)=O)[C@@H](OC(=O)CC)[C@H](C)O3)[C@H](N(C)C)[C@H]2OC(C)=O)[C@@H]1OC. The molecular weight excluding hydrogens is 1000 g/mol. The number of aryl methyl sites for hydroxylation is 1. The second-order valence-electron chi connectivity index (χ2n) is 21.5. The molecule has 3 saturated heterocycles. The average molecular weight is 1090 g/mol. The normalized spacial score (nSPS) is 33.0. The lowest BCUT2D eigenvalue weighted by atomic mass is 9.70. The predicted octanol–water partition coefficient (Wildman–Crippen LogP) is 6.39. The lowest BCUT2D eigenvalue weighted by molar-refractivity contribution is -0.320. The zero-order valence-electron chi connectivity index (χ0n) is 48.6. The van der Waals surface area contributed by atoms with Gasteiger partial charge in [0.1, 0.15) is 42.7 Å². The van der Waals surface area contributed by atoms with E-state index in [0.717, 1.165) is 19.3 Å². The minimum absolute atomic E-state index is 0.0148. The van der Waals surface area contributed by atoms with Gasteiger partial charge < -0.3 is 61.7 Å². The van der Waals surface area contributed by atoms with Crippen molar-refractivity contribution >= 4 is 35.8 Å². The highest BCUT2D eigenvalue weighted by molar-refractivity contribution is 5.73. The molecule has 0 aromatic heterocycles. The molecule has 1 aromatic carbocycles. The predicted molar refractivity (Wildman–Crippen MR) is 282 cm³/mol. The third-order valence-corrected chi connectivity index (χ3v) is 15.1. The molecule has 0 N–H and O–H groups in total. The number of ether oxygens (including phenoxy) is 12. The van der Waals surface area contributed by atoms with Crippen LogP contribution in [0.1, 0.15) is 133 Å². The van der Waals surface area contributed by atoms with Gasteiger partial charge in [-0.05, 0) is 97.8 Å². The number of hydrogen-bond acceptors (Lipinski definition) is 20. The minimum atomic E-state index is -1.37. The third kappa shape index (κ3) is 19.5. The summed E-state index contributed by atoms with van der Waals surface area (Å²) < 4.78 is 75.5. The highest BCUT2D eigenvalue weighted by Gasteiger charge is 2.58. The van der Waals surface area contributed by atoms with Crippen LogP contribution < -0.4 is 0 Å². The quantitative estimate of drug-likeness (QED) is 0.0564. The summed E-state index contributed by atoms with van der Waals surface area (Å²) in [7, 11) is 8.14. The van der Waals surface area contributed by atoms with E-state index in [0.29, 0.717) is 32.5 Å². The Morgan fingerprint density at radius 2 is 1.44 bits per heavy atom. The Balaban J connectivity index is 1.91. The number of hydrogen-bond donors (Lipinski definition) is 0. The molecule has 3 aliphatic rings. The van der Waals surface area contributed by atoms with Crippen molar-refractivity contribution in [3.05, 3.63) is 35.9 Å². The Morgan fingerprint density at radius 1 is 0.792 bits per heavy atom. The number of nitrogens with zero attached hydrogens (tertiary/aromatic N) is 2. The molecule has 20 heteroatoms. The number of methoxy groups -OCH3 is 3. The second kappa shape index (κ2) is 31.5. The number of esters is 6. The van der Waals surface area contributed by atoms with Crippen molar-refractivity contribution in [1.82, 2.24) is 9.80 Å². The molecule has 0 bridgehead atoms. The first-order valence-corrected chi connectivity index (χ1v) is 27.6. The van der Waals surface area contributed by atoms with Crippen molar-refractivity contribution in [2.75, 3.05) is 55.1 Å². The first kappa shape index (κ1) is 65.2. The van der Waals surface area contributed by atoms with Crippen LogP contribution in [0.25, 0.3) is 0 Å². The number of rotatable bonds is 21. The molecule has 0 saturated carbocycles. The van der Waals surface area contributed by atoms with E-state index in [-0.39, 0.29) is 38.0 Å². The molecule has 77 heavy (non-hydrogen) atoms. The molecule has 0 radical (unpaired) electrons. The minimum Gasteiger partial charge on any atom is -0.463 e. The average Bonchev–Trinajstić information content (AvgIpc) is 3.35. The van der Waals surface area contributed by atoms with Gasteiger partial charge in [-0.15, -0.1) is 0 Å². The van der Waals surface area contributed by atoms with Crippen LogP contribution in [0.3, 0.4) is 0 Å². The molecule has 0 spiro atoms. The van der Waals surface area contributed by atoms with E-state index in [1.54, 1.807) is 27.7 Å². The summed E-state index contributed by atoms with van der Waals surface area (Å²) >= 11 is 0. The molecule has 0 aliphatic carbocycles. The maximum absolute atomic E-state index is 14.2. The van der Waals surface area contributed by atoms with Gasteiger partial charge in [-0.1, -0.05) is 51.1 Å². The topological polar surface area (TPSA) is 220 Å². The summed E-state index contributed by atoms with van der Waals surface area (Å²) in [5.74, 6) is -5.23. The van der Waals surface area contributed by atoms with E-state index in [2.05, 4.69) is 17.0 Å². The van der Waals surface area contributed by atoms with Gasteiger partial charge in [0.05, 0.1) is 24.7 Å². The second-order valence-corrected chi connectivity index (χ2v) is 21.5. The smallest absolute Gasteiger partial charge is 0.309 e. The molecule has 1 aromatic rings. The van der Waals surface area contributed by atoms with Crippen molar-refractivity contribution in [2.45, 2.75) is 219 Å². The van der Waals surface area contributed by atoms with Crippen LogP contribution in [0.2, 0.25) is 0 Å². The van der Waals surface area contributed by atoms with Crippen LogP contribution in [-0.2, 0) is 92.0 Å². The van der Waals surface area contributed by atoms with Crippen LogP contribution in [0.5, 0.6) is 0 Å². The summed E-state index contributed by atoms with van der Waals surface area (Å²) in [6.07, 6.45) is -7.81. The van der Waals surface area contributed by atoms with E-state index in [1.165, 1.54) is 47.7 Å². The lowest BCUT2D eigenvalue weighted by Gasteiger charge is -2.54. The van der Waals surface area contributed by atoms with E-state index < -0.39 is 133 Å². The summed E-state index contributed by atoms with van der Waals surface area (Å²) in [5, 5.41) is 0. The Kier molecular flexibility index (Phi) is 26.7. The van der Waals surface area contributed by atoms with Crippen molar-refractivity contribution in [3.8, 4) is 0 Å². The fourth-order valence-corrected chi connectivity index (χ4v) is 11.5. The zero-order chi connectivity index (χ0) is 57.1. The van der Waals surface area contributed by atoms with Gasteiger partial charge in [0.25, 0.3) is 0 Å². The molecule has 0 amide bonds. The first-order chi connectivity index (χ1) is 36.5. The molecule has 16 atom stereocenters. The van der Waals surface area contributed by atoms with Crippen LogP contribution in [0.4, 0.5) is 0 Å². The maximum Gasteiger partial charge on any atom is 0.309 e. The number of carbonyl (C=O) groups excluding carboxylic acids is 6. The molecule has 3 heterocycles. The van der Waals surface area contributed by atoms with Crippen LogP contribution in [0, 0.1) is 17.8 Å². The van der Waals surface area contributed by atoms with Crippen molar-refractivity contribution in [1.29, 1.82) is 0 Å². The number of unbranched alkanes of at least 4 members (excludes halogenated alkanes) is 1. The van der Waals surface area contributed by atoms with Gasteiger partial charge in [0, 0.05) is 86.8 Å². The lowest BCUT2D eigenvalue weighted by Crippen LogP contribution is -2.68. The molecule has 3 fully saturated rings. The van der Waals surface area contributed by atoms with Crippen molar-refractivity contribution in [2.24, 2.45) is 17.8 Å². The van der Waals surface area contributed by atoms with Crippen molar-refractivity contribution < 1.29 is 85.6 Å². The van der Waals surface area contributed by atoms with Gasteiger partial charge in [0.2, 0.25) is 0 Å². The molecule has 438 valence electrons. The largest absolute Gasteiger partial charge is 0.463 e. The number of likely N-dealkylation sites (N-methyl/N-ethyl adjacent to an activating group) is 1. The van der Waals surface area contributed by atoms with Gasteiger partial charge >= 0.3 is 35.8 Å². The number of cyclic esters (lactones) is 1. The fourth-order valence-electron chi connectivity index (χ4n) is 11.5. The van der Waals surface area contributed by atoms with Gasteiger partial charge in [-0.25, -0.2) is 0 Å². The van der Waals surface area contributed by atoms with E-state index in [9.17, 15) is 28.8 Å². The molecule has 3 aliphatic heterocycles. The van der Waals surface area contributed by atoms with Crippen LogP contribution in [-0.4, -0.2) is 186 Å². The number of benzene rings is 1. The van der Waals surface area contributed by atoms with Gasteiger partial charge in [-0.2, -0.15) is 0 Å². The Hall–Kier alpha value is -4.28. The summed E-state index contributed by atoms with van der Waals surface area (Å²) in [4.78, 5) is 83.8. The maximum atomic E-state index is 14.2. The standard InChI is InChI=1S/C57H92N2O18/c1-16-45(63)74-43-31-47(65)69-35(4)26-28-59(27-22-21-25-41-23-19-18-20-24-41)33-44(72-38(7)60)34(3)29-42(30-48(66-13)67-14)50(53(43)68-15)54-55(73-39(8)61)51(58(11)12)52(36(5)71-54)76-49-32-57(10,77-40(9)62)56(37(6)70-49)75-46(64)17-2/h18-20,23-24,34-37,42-44,48-56H,16-17,21-22,25-33H2,1-15H3/t34-,35-,36-,37+,42-,43-,44+,49-,50+,51+,52-,53-,54+,55-,56+,57-/m1/s1. The van der Waals surface area contributed by atoms with Crippen molar-refractivity contribution in [3.63, 3.8) is 0 Å². The number of carbonyl (C=O) groups is 6. The Labute approximate surface area is 457 Å². The molecule has 4 rings (SSSR count). The third-order valence-electron chi connectivity index (χ3n) is 15.1. The van der Waals surface area contributed by atoms with E-state index >= 15 is 0 Å². The van der Waals surface area contributed by atoms with Crippen LogP contribution >= 0.6 is 0 Å². The molecule has 0 unspecified atom stereocenters. The van der Waals surface area contributed by atoms with E-state index in [1.807, 2.05) is 58.0 Å². The fraction of sp³-hybridized carbons (Fsp3) is 0.789. The highest BCUT2D eigenvalue weighted by atomic mass is 16.7. The Bertz CT molecular complexity index is 2010. The highest BCUT2D eigenvalue weighted by Crippen LogP contribution is 2.44. The first-order valence-electron chi connectivity index (χ1n) is 27.6.